The Morgan fingerprint density at radius 3 is 2.48 bits per heavy atom. The molecule has 1 heterocycles. The summed E-state index contributed by atoms with van der Waals surface area (Å²) in [5.74, 6) is -0.994. The van der Waals surface area contributed by atoms with Crippen molar-refractivity contribution in [3.8, 4) is 5.69 Å². The molecule has 10 heteroatoms. The molecule has 0 spiro atoms. The molecule has 112 valence electrons. The Labute approximate surface area is 138 Å². The summed E-state index contributed by atoms with van der Waals surface area (Å²) < 4.78 is 1.44. The van der Waals surface area contributed by atoms with Gasteiger partial charge < -0.3 is 10.2 Å². The number of thioether (sulfide) groups is 1. The number of aliphatic hydroxyl groups excluding tert-OH is 1. The van der Waals surface area contributed by atoms with E-state index < -0.39 is 12.6 Å². The minimum Gasteiger partial charge on any atom is -0.481 e. The standard InChI is InChI=1S/C11H8Cl3N3O3S/c12-5-1-7(14)8(2-6(5)13)17-9(3-18)15-16-11(17)21-4-10(19)20/h1-2,18H,3-4H2,(H,19,20). The van der Waals surface area contributed by atoms with E-state index in [2.05, 4.69) is 10.2 Å². The Kier molecular flexibility index (Phi) is 5.34. The van der Waals surface area contributed by atoms with Crippen molar-refractivity contribution in [2.75, 3.05) is 5.75 Å². The van der Waals surface area contributed by atoms with Crippen molar-refractivity contribution in [3.05, 3.63) is 33.0 Å². The van der Waals surface area contributed by atoms with Crippen molar-refractivity contribution in [2.24, 2.45) is 0 Å². The lowest BCUT2D eigenvalue weighted by Crippen LogP contribution is -2.05. The first-order valence-electron chi connectivity index (χ1n) is 5.48. The number of carboxylic acid groups (broad SMARTS) is 1. The molecule has 0 saturated carbocycles. The monoisotopic (exact) mass is 367 g/mol. The normalized spacial score (nSPS) is 10.9. The average Bonchev–Trinajstić information content (AvgIpc) is 2.83. The Bertz CT molecular complexity index is 693. The zero-order valence-corrected chi connectivity index (χ0v) is 13.3. The number of aliphatic hydroxyl groups is 1. The number of nitrogens with zero attached hydrogens (tertiary/aromatic N) is 3. The summed E-state index contributed by atoms with van der Waals surface area (Å²) in [5, 5.41) is 26.8. The summed E-state index contributed by atoms with van der Waals surface area (Å²) in [7, 11) is 0. The molecule has 2 rings (SSSR count). The second-order valence-corrected chi connectivity index (χ2v) is 5.96. The molecule has 1 aromatic heterocycles. The van der Waals surface area contributed by atoms with Gasteiger partial charge in [-0.05, 0) is 12.1 Å². The second-order valence-electron chi connectivity index (χ2n) is 3.79. The van der Waals surface area contributed by atoms with E-state index in [1.165, 1.54) is 16.7 Å². The Morgan fingerprint density at radius 2 is 1.86 bits per heavy atom. The van der Waals surface area contributed by atoms with Crippen LogP contribution in [0.25, 0.3) is 5.69 Å². The predicted molar refractivity (Wildman–Crippen MR) is 80.7 cm³/mol. The first kappa shape index (κ1) is 16.4. The van der Waals surface area contributed by atoms with Crippen LogP contribution in [0.2, 0.25) is 15.1 Å². The lowest BCUT2D eigenvalue weighted by atomic mass is 10.3. The van der Waals surface area contributed by atoms with Gasteiger partial charge in [0.25, 0.3) is 0 Å². The number of aromatic nitrogens is 3. The van der Waals surface area contributed by atoms with Gasteiger partial charge in [0.05, 0.1) is 26.5 Å². The van der Waals surface area contributed by atoms with Gasteiger partial charge in [-0.2, -0.15) is 0 Å². The first-order chi connectivity index (χ1) is 9.93. The molecule has 0 aliphatic heterocycles. The first-order valence-corrected chi connectivity index (χ1v) is 7.60. The maximum atomic E-state index is 10.7. The maximum Gasteiger partial charge on any atom is 0.313 e. The lowest BCUT2D eigenvalue weighted by Gasteiger charge is -2.11. The van der Waals surface area contributed by atoms with Gasteiger partial charge >= 0.3 is 5.97 Å². The largest absolute Gasteiger partial charge is 0.481 e. The molecule has 2 N–H and O–H groups in total. The van der Waals surface area contributed by atoms with Crippen LogP contribution < -0.4 is 0 Å². The molecule has 0 aliphatic carbocycles. The molecule has 0 unspecified atom stereocenters. The van der Waals surface area contributed by atoms with Crippen LogP contribution in [0.3, 0.4) is 0 Å². The topological polar surface area (TPSA) is 88.2 Å². The molecule has 21 heavy (non-hydrogen) atoms. The Hall–Kier alpha value is -0.990. The van der Waals surface area contributed by atoms with Crippen molar-refractivity contribution in [1.82, 2.24) is 14.8 Å². The van der Waals surface area contributed by atoms with Crippen LogP contribution in [0, 0.1) is 0 Å². The molecule has 0 fully saturated rings. The van der Waals surface area contributed by atoms with Crippen LogP contribution in [0.15, 0.2) is 17.3 Å². The summed E-state index contributed by atoms with van der Waals surface area (Å²) >= 11 is 18.9. The van der Waals surface area contributed by atoms with Crippen molar-refractivity contribution in [1.29, 1.82) is 0 Å². The minimum atomic E-state index is -1.000. The number of rotatable bonds is 5. The fourth-order valence-corrected chi connectivity index (χ4v) is 2.86. The minimum absolute atomic E-state index is 0.206. The van der Waals surface area contributed by atoms with Crippen molar-refractivity contribution < 1.29 is 15.0 Å². The highest BCUT2D eigenvalue weighted by Gasteiger charge is 2.18. The molecule has 0 aliphatic rings. The third kappa shape index (κ3) is 3.61. The van der Waals surface area contributed by atoms with Gasteiger partial charge in [0.15, 0.2) is 11.0 Å². The van der Waals surface area contributed by atoms with Crippen molar-refractivity contribution >= 4 is 52.5 Å². The molecule has 0 radical (unpaired) electrons. The summed E-state index contributed by atoms with van der Waals surface area (Å²) in [5.41, 5.74) is 0.410. The summed E-state index contributed by atoms with van der Waals surface area (Å²) in [6.07, 6.45) is 0. The van der Waals surface area contributed by atoms with E-state index in [-0.39, 0.29) is 31.8 Å². The number of benzene rings is 1. The molecule has 0 bridgehead atoms. The third-order valence-electron chi connectivity index (χ3n) is 2.40. The highest BCUT2D eigenvalue weighted by molar-refractivity contribution is 7.99. The van der Waals surface area contributed by atoms with E-state index in [9.17, 15) is 9.90 Å². The number of aliphatic carboxylic acids is 1. The third-order valence-corrected chi connectivity index (χ3v) is 4.34. The second kappa shape index (κ2) is 6.85. The molecule has 0 saturated heterocycles. The SMILES string of the molecule is O=C(O)CSc1nnc(CO)n1-c1cc(Cl)c(Cl)cc1Cl. The number of hydrogen-bond donors (Lipinski definition) is 2. The zero-order chi connectivity index (χ0) is 15.6. The number of carboxylic acids is 1. The fourth-order valence-electron chi connectivity index (χ4n) is 1.55. The smallest absolute Gasteiger partial charge is 0.313 e. The summed E-state index contributed by atoms with van der Waals surface area (Å²) in [6, 6.07) is 2.95. The predicted octanol–water partition coefficient (Wildman–Crippen LogP) is 2.90. The molecule has 1 aromatic carbocycles. The van der Waals surface area contributed by atoms with Crippen LogP contribution in [-0.4, -0.2) is 36.7 Å². The van der Waals surface area contributed by atoms with Gasteiger partial charge in [-0.3, -0.25) is 9.36 Å². The summed E-state index contributed by atoms with van der Waals surface area (Å²) in [6.45, 7) is -0.392. The van der Waals surface area contributed by atoms with Crippen LogP contribution in [-0.2, 0) is 11.4 Å². The van der Waals surface area contributed by atoms with Crippen LogP contribution in [0.5, 0.6) is 0 Å². The van der Waals surface area contributed by atoms with Gasteiger partial charge in [-0.1, -0.05) is 46.6 Å². The molecule has 0 atom stereocenters. The van der Waals surface area contributed by atoms with E-state index in [4.69, 9.17) is 39.9 Å². The number of hydrogen-bond acceptors (Lipinski definition) is 5. The van der Waals surface area contributed by atoms with E-state index >= 15 is 0 Å². The highest BCUT2D eigenvalue weighted by Crippen LogP contribution is 2.33. The quantitative estimate of drug-likeness (QED) is 0.623. The van der Waals surface area contributed by atoms with Gasteiger partial charge in [0.2, 0.25) is 0 Å². The molecular formula is C11H8Cl3N3O3S. The summed E-state index contributed by atoms with van der Waals surface area (Å²) in [4.78, 5) is 10.7. The van der Waals surface area contributed by atoms with E-state index in [1.54, 1.807) is 0 Å². The average molecular weight is 369 g/mol. The zero-order valence-electron chi connectivity index (χ0n) is 10.3. The molecule has 6 nitrogen and oxygen atoms in total. The highest BCUT2D eigenvalue weighted by atomic mass is 35.5. The van der Waals surface area contributed by atoms with Crippen LogP contribution >= 0.6 is 46.6 Å². The van der Waals surface area contributed by atoms with E-state index in [0.29, 0.717) is 5.69 Å². The van der Waals surface area contributed by atoms with Gasteiger partial charge in [-0.25, -0.2) is 0 Å². The van der Waals surface area contributed by atoms with E-state index in [0.717, 1.165) is 11.8 Å². The van der Waals surface area contributed by atoms with Crippen LogP contribution in [0.1, 0.15) is 5.82 Å². The van der Waals surface area contributed by atoms with Gasteiger partial charge in [-0.15, -0.1) is 10.2 Å². The van der Waals surface area contributed by atoms with Gasteiger partial charge in [0.1, 0.15) is 6.61 Å². The fraction of sp³-hybridized carbons (Fsp3) is 0.182. The van der Waals surface area contributed by atoms with Gasteiger partial charge in [0, 0.05) is 0 Å². The van der Waals surface area contributed by atoms with E-state index in [1.807, 2.05) is 0 Å². The molecular weight excluding hydrogens is 361 g/mol. The molecule has 2 aromatic rings. The molecule has 0 amide bonds. The Balaban J connectivity index is 2.53. The Morgan fingerprint density at radius 1 is 1.19 bits per heavy atom. The van der Waals surface area contributed by atoms with Crippen molar-refractivity contribution in [2.45, 2.75) is 11.8 Å². The lowest BCUT2D eigenvalue weighted by molar-refractivity contribution is -0.133. The number of halogens is 3. The van der Waals surface area contributed by atoms with Crippen molar-refractivity contribution in [3.63, 3.8) is 0 Å². The van der Waals surface area contributed by atoms with Crippen LogP contribution in [0.4, 0.5) is 0 Å². The number of carbonyl (C=O) groups is 1. The maximum absolute atomic E-state index is 10.7.